The Labute approximate surface area is 168 Å². The fraction of sp³-hybridized carbons (Fsp3) is 0.619. The highest BCUT2D eigenvalue weighted by Crippen LogP contribution is 2.38. The van der Waals surface area contributed by atoms with Crippen LogP contribution in [0.15, 0.2) is 30.3 Å². The number of halogens is 1. The number of hydrogen-bond donors (Lipinski definition) is 2. The van der Waals surface area contributed by atoms with E-state index in [2.05, 4.69) is 5.32 Å². The van der Waals surface area contributed by atoms with Crippen LogP contribution < -0.4 is 11.1 Å². The quantitative estimate of drug-likeness (QED) is 0.806. The third-order valence-electron chi connectivity index (χ3n) is 6.05. The van der Waals surface area contributed by atoms with E-state index in [0.29, 0.717) is 26.1 Å². The van der Waals surface area contributed by atoms with Crippen molar-refractivity contribution in [2.75, 3.05) is 19.6 Å². The van der Waals surface area contributed by atoms with E-state index in [0.717, 1.165) is 31.2 Å². The predicted molar refractivity (Wildman–Crippen MR) is 110 cm³/mol. The molecule has 0 spiro atoms. The molecule has 1 aromatic rings. The van der Waals surface area contributed by atoms with Crippen LogP contribution in [-0.2, 0) is 4.79 Å². The van der Waals surface area contributed by atoms with Crippen molar-refractivity contribution >= 4 is 24.2 Å². The summed E-state index contributed by atoms with van der Waals surface area (Å²) in [6.07, 6.45) is 7.96. The van der Waals surface area contributed by atoms with Gasteiger partial charge < -0.3 is 16.0 Å². The molecule has 0 bridgehead atoms. The summed E-state index contributed by atoms with van der Waals surface area (Å²) in [4.78, 5) is 26.9. The maximum absolute atomic E-state index is 12.5. The molecule has 1 heterocycles. The van der Waals surface area contributed by atoms with Crippen LogP contribution in [0.3, 0.4) is 0 Å². The first-order valence-corrected chi connectivity index (χ1v) is 9.96. The summed E-state index contributed by atoms with van der Waals surface area (Å²) in [5, 5.41) is 3.19. The minimum Gasteiger partial charge on any atom is -0.353 e. The molecule has 150 valence electrons. The van der Waals surface area contributed by atoms with Crippen LogP contribution in [0.25, 0.3) is 0 Å². The topological polar surface area (TPSA) is 75.4 Å². The van der Waals surface area contributed by atoms with Gasteiger partial charge in [0.15, 0.2) is 0 Å². The van der Waals surface area contributed by atoms with Crippen molar-refractivity contribution in [3.8, 4) is 0 Å². The van der Waals surface area contributed by atoms with Gasteiger partial charge in [0.25, 0.3) is 5.91 Å². The minimum atomic E-state index is 0. The molecular weight excluding hydrogens is 362 g/mol. The van der Waals surface area contributed by atoms with Crippen LogP contribution in [0.1, 0.15) is 61.7 Å². The average Bonchev–Trinajstić information content (AvgIpc) is 2.69. The van der Waals surface area contributed by atoms with Crippen LogP contribution in [0.5, 0.6) is 0 Å². The number of nitrogens with two attached hydrogens (primary N) is 1. The smallest absolute Gasteiger partial charge is 0.253 e. The lowest BCUT2D eigenvalue weighted by atomic mass is 9.71. The number of rotatable bonds is 5. The highest BCUT2D eigenvalue weighted by atomic mass is 35.5. The largest absolute Gasteiger partial charge is 0.353 e. The molecule has 5 nitrogen and oxygen atoms in total. The van der Waals surface area contributed by atoms with E-state index in [1.54, 1.807) is 0 Å². The van der Waals surface area contributed by atoms with E-state index >= 15 is 0 Å². The molecule has 2 amide bonds. The molecule has 6 heteroatoms. The van der Waals surface area contributed by atoms with E-state index in [1.165, 1.54) is 19.3 Å². The predicted octanol–water partition coefficient (Wildman–Crippen LogP) is 3.13. The Balaban J connectivity index is 0.00000261. The zero-order chi connectivity index (χ0) is 18.4. The summed E-state index contributed by atoms with van der Waals surface area (Å²) >= 11 is 0. The second-order valence-corrected chi connectivity index (χ2v) is 7.94. The lowest BCUT2D eigenvalue weighted by Gasteiger charge is -2.37. The first-order chi connectivity index (χ1) is 12.6. The molecule has 2 fully saturated rings. The molecule has 27 heavy (non-hydrogen) atoms. The number of nitrogens with zero attached hydrogens (tertiary/aromatic N) is 1. The summed E-state index contributed by atoms with van der Waals surface area (Å²) in [7, 11) is 0. The maximum atomic E-state index is 12.5. The van der Waals surface area contributed by atoms with Gasteiger partial charge in [0.1, 0.15) is 0 Å². The lowest BCUT2D eigenvalue weighted by molar-refractivity contribution is -0.124. The number of piperidine rings is 1. The van der Waals surface area contributed by atoms with Crippen LogP contribution >= 0.6 is 12.4 Å². The zero-order valence-electron chi connectivity index (χ0n) is 16.0. The van der Waals surface area contributed by atoms with E-state index in [9.17, 15) is 9.59 Å². The Hall–Kier alpha value is -1.59. The fourth-order valence-electron chi connectivity index (χ4n) is 4.36. The van der Waals surface area contributed by atoms with Crippen LogP contribution in [0, 0.1) is 5.41 Å². The number of nitrogens with one attached hydrogen (secondary N) is 1. The van der Waals surface area contributed by atoms with Crippen LogP contribution in [0.4, 0.5) is 0 Å². The molecule has 0 atom stereocenters. The van der Waals surface area contributed by atoms with Gasteiger partial charge >= 0.3 is 0 Å². The Bertz CT molecular complexity index is 609. The van der Waals surface area contributed by atoms with Gasteiger partial charge in [-0.05, 0) is 49.8 Å². The molecule has 1 saturated carbocycles. The van der Waals surface area contributed by atoms with Crippen molar-refractivity contribution in [3.63, 3.8) is 0 Å². The molecule has 1 aliphatic heterocycles. The van der Waals surface area contributed by atoms with Gasteiger partial charge in [-0.15, -0.1) is 12.4 Å². The highest BCUT2D eigenvalue weighted by molar-refractivity contribution is 5.94. The molecule has 0 aromatic heterocycles. The molecule has 0 radical (unpaired) electrons. The third kappa shape index (κ3) is 5.69. The van der Waals surface area contributed by atoms with Crippen LogP contribution in [0.2, 0.25) is 0 Å². The molecule has 3 rings (SSSR count). The molecule has 1 saturated heterocycles. The summed E-state index contributed by atoms with van der Waals surface area (Å²) in [5.74, 6) is 0.213. The van der Waals surface area contributed by atoms with Gasteiger partial charge in [-0.25, -0.2) is 0 Å². The monoisotopic (exact) mass is 393 g/mol. The van der Waals surface area contributed by atoms with E-state index in [-0.39, 0.29) is 35.7 Å². The second kappa shape index (κ2) is 10.1. The minimum absolute atomic E-state index is 0. The van der Waals surface area contributed by atoms with Crippen molar-refractivity contribution in [2.45, 2.75) is 57.4 Å². The van der Waals surface area contributed by atoms with E-state index in [4.69, 9.17) is 5.73 Å². The van der Waals surface area contributed by atoms with Gasteiger partial charge in [-0.2, -0.15) is 0 Å². The van der Waals surface area contributed by atoms with Crippen LogP contribution in [-0.4, -0.2) is 42.4 Å². The van der Waals surface area contributed by atoms with Gasteiger partial charge in [0.05, 0.1) is 0 Å². The summed E-state index contributed by atoms with van der Waals surface area (Å²) < 4.78 is 0. The normalized spacial score (nSPS) is 19.8. The molecule has 2 aliphatic rings. The van der Waals surface area contributed by atoms with Crippen molar-refractivity contribution in [1.82, 2.24) is 10.2 Å². The first kappa shape index (κ1) is 21.7. The van der Waals surface area contributed by atoms with E-state index < -0.39 is 0 Å². The molecule has 1 aromatic carbocycles. The Morgan fingerprint density at radius 2 is 1.70 bits per heavy atom. The van der Waals surface area contributed by atoms with Gasteiger partial charge in [0.2, 0.25) is 5.91 Å². The van der Waals surface area contributed by atoms with Gasteiger partial charge in [-0.3, -0.25) is 9.59 Å². The number of benzene rings is 1. The maximum Gasteiger partial charge on any atom is 0.253 e. The number of carbonyl (C=O) groups excluding carboxylic acids is 2. The van der Waals surface area contributed by atoms with Crippen molar-refractivity contribution < 1.29 is 9.59 Å². The van der Waals surface area contributed by atoms with E-state index in [1.807, 2.05) is 35.2 Å². The zero-order valence-corrected chi connectivity index (χ0v) is 16.8. The Morgan fingerprint density at radius 1 is 1.07 bits per heavy atom. The highest BCUT2D eigenvalue weighted by Gasteiger charge is 2.34. The molecule has 1 aliphatic carbocycles. The SMILES string of the molecule is Cl.NCC1(CC(=O)NC2CCN(C(=O)c3ccccc3)CC2)CCCCC1. The van der Waals surface area contributed by atoms with Crippen molar-refractivity contribution in [2.24, 2.45) is 11.1 Å². The van der Waals surface area contributed by atoms with Gasteiger partial charge in [0, 0.05) is 31.1 Å². The second-order valence-electron chi connectivity index (χ2n) is 7.94. The standard InChI is InChI=1S/C21H31N3O2.ClH/c22-16-21(11-5-2-6-12-21)15-19(25)23-18-9-13-24(14-10-18)20(26)17-7-3-1-4-8-17;/h1,3-4,7-8,18H,2,5-6,9-16,22H2,(H,23,25);1H. The Kier molecular flexibility index (Phi) is 8.11. The number of hydrogen-bond acceptors (Lipinski definition) is 3. The van der Waals surface area contributed by atoms with Crippen molar-refractivity contribution in [3.05, 3.63) is 35.9 Å². The Morgan fingerprint density at radius 3 is 2.30 bits per heavy atom. The summed E-state index contributed by atoms with van der Waals surface area (Å²) in [5.41, 5.74) is 6.74. The molecule has 0 unspecified atom stereocenters. The number of likely N-dealkylation sites (tertiary alicyclic amines) is 1. The molecule has 3 N–H and O–H groups in total. The van der Waals surface area contributed by atoms with Crippen molar-refractivity contribution in [1.29, 1.82) is 0 Å². The lowest BCUT2D eigenvalue weighted by Crippen LogP contribution is -2.48. The van der Waals surface area contributed by atoms with Gasteiger partial charge in [-0.1, -0.05) is 37.5 Å². The first-order valence-electron chi connectivity index (χ1n) is 9.96. The summed E-state index contributed by atoms with van der Waals surface area (Å²) in [6, 6.07) is 9.57. The number of amides is 2. The third-order valence-corrected chi connectivity index (χ3v) is 6.05. The fourth-order valence-corrected chi connectivity index (χ4v) is 4.36. The summed E-state index contributed by atoms with van der Waals surface area (Å²) in [6.45, 7) is 1.99. The molecular formula is C21H32ClN3O2. The number of carbonyl (C=O) groups is 2. The average molecular weight is 394 g/mol.